The Morgan fingerprint density at radius 1 is 1.12 bits per heavy atom. The maximum absolute atomic E-state index is 11.0. The molecule has 0 heterocycles. The molecule has 0 aliphatic carbocycles. The predicted molar refractivity (Wildman–Crippen MR) is 48.4 cm³/mol. The molecule has 0 spiro atoms. The van der Waals surface area contributed by atoms with Crippen LogP contribution in [0.1, 0.15) is 18.9 Å². The maximum Gasteiger partial charge on any atom is 1.00 e. The first-order valence-electron chi connectivity index (χ1n) is 4.54. The second-order valence-corrected chi connectivity index (χ2v) is 3.20. The van der Waals surface area contributed by atoms with Crippen molar-refractivity contribution in [2.75, 3.05) is 0 Å². The fourth-order valence-corrected chi connectivity index (χ4v) is 1.53. The largest absolute Gasteiger partial charge is 1.00 e. The van der Waals surface area contributed by atoms with Gasteiger partial charge in [0, 0.05) is 0 Å². The number of rotatable bonds is 4. The van der Waals surface area contributed by atoms with Gasteiger partial charge in [0.2, 0.25) is 0 Å². The molecule has 0 unspecified atom stereocenters. The van der Waals surface area contributed by atoms with Gasteiger partial charge in [-0.25, -0.2) is 0 Å². The Kier molecular flexibility index (Phi) is 8.95. The SMILES string of the molecule is CCC(C(=O)[O-])(C(=O)[O-])c1ccccc1.[Li+].[Na+]. The van der Waals surface area contributed by atoms with E-state index in [0.29, 0.717) is 0 Å². The number of carboxylic acids is 2. The first-order valence-corrected chi connectivity index (χ1v) is 4.54. The van der Waals surface area contributed by atoms with E-state index in [4.69, 9.17) is 0 Å². The van der Waals surface area contributed by atoms with Gasteiger partial charge in [0.25, 0.3) is 0 Å². The van der Waals surface area contributed by atoms with Crippen LogP contribution in [-0.2, 0) is 15.0 Å². The van der Waals surface area contributed by atoms with Crippen LogP contribution in [0.25, 0.3) is 0 Å². The zero-order valence-corrected chi connectivity index (χ0v) is 12.2. The molecule has 0 bridgehead atoms. The van der Waals surface area contributed by atoms with Gasteiger partial charge in [-0.3, -0.25) is 0 Å². The zero-order chi connectivity index (χ0) is 11.5. The van der Waals surface area contributed by atoms with Crippen molar-refractivity contribution < 1.29 is 68.2 Å². The molecular formula is C11H10LiNaO4. The monoisotopic (exact) mass is 236 g/mol. The van der Waals surface area contributed by atoms with E-state index in [1.54, 1.807) is 18.2 Å². The van der Waals surface area contributed by atoms with Crippen molar-refractivity contribution in [3.63, 3.8) is 0 Å². The first-order chi connectivity index (χ1) is 7.05. The summed E-state index contributed by atoms with van der Waals surface area (Å²) < 4.78 is 0. The molecule has 1 aromatic carbocycles. The van der Waals surface area contributed by atoms with E-state index in [0.717, 1.165) is 0 Å². The normalized spacial score (nSPS) is 9.71. The first kappa shape index (κ1) is 19.1. The van der Waals surface area contributed by atoms with Gasteiger partial charge < -0.3 is 19.8 Å². The van der Waals surface area contributed by atoms with Crippen LogP contribution in [0.4, 0.5) is 0 Å². The molecule has 0 saturated carbocycles. The summed E-state index contributed by atoms with van der Waals surface area (Å²) in [5.41, 5.74) is -1.88. The van der Waals surface area contributed by atoms with Crippen LogP contribution in [0.15, 0.2) is 30.3 Å². The van der Waals surface area contributed by atoms with Crippen LogP contribution < -0.4 is 58.6 Å². The van der Waals surface area contributed by atoms with Crippen LogP contribution in [0.2, 0.25) is 0 Å². The number of carbonyl (C=O) groups is 2. The summed E-state index contributed by atoms with van der Waals surface area (Å²) >= 11 is 0. The Morgan fingerprint density at radius 2 is 1.53 bits per heavy atom. The average molecular weight is 236 g/mol. The van der Waals surface area contributed by atoms with Crippen molar-refractivity contribution in [3.05, 3.63) is 35.9 Å². The smallest absolute Gasteiger partial charge is 0.549 e. The van der Waals surface area contributed by atoms with Crippen molar-refractivity contribution in [2.45, 2.75) is 18.8 Å². The number of benzene rings is 1. The molecule has 0 N–H and O–H groups in total. The molecule has 0 fully saturated rings. The molecular weight excluding hydrogens is 226 g/mol. The van der Waals surface area contributed by atoms with E-state index in [9.17, 15) is 19.8 Å². The number of carbonyl (C=O) groups excluding carboxylic acids is 2. The molecule has 0 aliphatic heterocycles. The molecule has 1 aromatic rings. The summed E-state index contributed by atoms with van der Waals surface area (Å²) in [7, 11) is 0. The van der Waals surface area contributed by atoms with Gasteiger partial charge in [0.15, 0.2) is 0 Å². The van der Waals surface area contributed by atoms with Crippen molar-refractivity contribution in [1.29, 1.82) is 0 Å². The summed E-state index contributed by atoms with van der Waals surface area (Å²) in [6.45, 7) is 1.47. The van der Waals surface area contributed by atoms with Gasteiger partial charge in [0.1, 0.15) is 0 Å². The number of aliphatic carboxylic acids is 2. The Morgan fingerprint density at radius 3 is 1.82 bits per heavy atom. The Labute approximate surface area is 134 Å². The second kappa shape index (κ2) is 7.96. The average Bonchev–Trinajstić information content (AvgIpc) is 2.20. The van der Waals surface area contributed by atoms with E-state index in [2.05, 4.69) is 0 Å². The summed E-state index contributed by atoms with van der Waals surface area (Å²) in [5, 5.41) is 21.9. The van der Waals surface area contributed by atoms with Gasteiger partial charge in [-0.1, -0.05) is 37.3 Å². The van der Waals surface area contributed by atoms with E-state index < -0.39 is 17.4 Å². The minimum absolute atomic E-state index is 0. The minimum atomic E-state index is -2.05. The summed E-state index contributed by atoms with van der Waals surface area (Å²) in [6.07, 6.45) is -0.109. The van der Waals surface area contributed by atoms with Crippen LogP contribution in [0, 0.1) is 0 Å². The molecule has 1 rings (SSSR count). The Balaban J connectivity index is 0. The van der Waals surface area contributed by atoms with E-state index >= 15 is 0 Å². The Hall–Kier alpha value is -0.243. The third-order valence-corrected chi connectivity index (χ3v) is 2.49. The number of hydrogen-bond donors (Lipinski definition) is 0. The molecule has 0 radical (unpaired) electrons. The zero-order valence-electron chi connectivity index (χ0n) is 10.2. The molecule has 0 saturated heterocycles. The second-order valence-electron chi connectivity index (χ2n) is 3.20. The van der Waals surface area contributed by atoms with Gasteiger partial charge in [-0.05, 0) is 12.0 Å². The predicted octanol–water partition coefficient (Wildman–Crippen LogP) is -7.16. The van der Waals surface area contributed by atoms with Crippen molar-refractivity contribution in [2.24, 2.45) is 0 Å². The van der Waals surface area contributed by atoms with Crippen LogP contribution in [-0.4, -0.2) is 11.9 Å². The summed E-state index contributed by atoms with van der Waals surface area (Å²) in [6, 6.07) is 7.70. The van der Waals surface area contributed by atoms with E-state index in [-0.39, 0.29) is 60.4 Å². The molecule has 0 aromatic heterocycles. The number of carboxylic acid groups (broad SMARTS) is 2. The molecule has 80 valence electrons. The summed E-state index contributed by atoms with van der Waals surface area (Å²) in [5.74, 6) is -3.28. The topological polar surface area (TPSA) is 80.3 Å². The van der Waals surface area contributed by atoms with Gasteiger partial charge in [0.05, 0.1) is 17.4 Å². The standard InChI is InChI=1S/C11H12O4.Li.Na/c1-2-11(9(12)13,10(14)15)8-6-4-3-5-7-8;;/h3-7H,2H2,1H3,(H,12,13)(H,14,15);;/q;2*+1/p-2. The minimum Gasteiger partial charge on any atom is -0.549 e. The van der Waals surface area contributed by atoms with Gasteiger partial charge in [-0.2, -0.15) is 0 Å². The molecule has 0 amide bonds. The van der Waals surface area contributed by atoms with Crippen LogP contribution >= 0.6 is 0 Å². The quantitative estimate of drug-likeness (QED) is 0.384. The van der Waals surface area contributed by atoms with E-state index in [1.165, 1.54) is 19.1 Å². The third-order valence-electron chi connectivity index (χ3n) is 2.49. The van der Waals surface area contributed by atoms with Gasteiger partial charge >= 0.3 is 48.4 Å². The fourth-order valence-electron chi connectivity index (χ4n) is 1.53. The maximum atomic E-state index is 11.0. The van der Waals surface area contributed by atoms with Gasteiger partial charge in [-0.15, -0.1) is 0 Å². The molecule has 4 nitrogen and oxygen atoms in total. The van der Waals surface area contributed by atoms with E-state index in [1.807, 2.05) is 0 Å². The molecule has 0 aliphatic rings. The Bertz CT molecular complexity index is 366. The molecule has 17 heavy (non-hydrogen) atoms. The summed E-state index contributed by atoms with van der Waals surface area (Å²) in [4.78, 5) is 21.9. The van der Waals surface area contributed by atoms with Crippen molar-refractivity contribution in [1.82, 2.24) is 0 Å². The van der Waals surface area contributed by atoms with Crippen molar-refractivity contribution >= 4 is 11.9 Å². The third kappa shape index (κ3) is 3.61. The van der Waals surface area contributed by atoms with Crippen molar-refractivity contribution in [3.8, 4) is 0 Å². The van der Waals surface area contributed by atoms with Crippen LogP contribution in [0.5, 0.6) is 0 Å². The fraction of sp³-hybridized carbons (Fsp3) is 0.273. The molecule has 0 atom stereocenters. The van der Waals surface area contributed by atoms with Crippen LogP contribution in [0.3, 0.4) is 0 Å². The molecule has 6 heteroatoms. The number of hydrogen-bond acceptors (Lipinski definition) is 4.